The molecule has 0 spiro atoms. The molecule has 6 heteroatoms. The van der Waals surface area contributed by atoms with E-state index in [0.717, 1.165) is 15.6 Å². The molecular formula is C14H20BBrN2O2. The van der Waals surface area contributed by atoms with Crippen LogP contribution in [0.25, 0.3) is 6.08 Å². The Morgan fingerprint density at radius 3 is 2.45 bits per heavy atom. The van der Waals surface area contributed by atoms with Gasteiger partial charge in [0.25, 0.3) is 0 Å². The molecule has 1 aliphatic rings. The van der Waals surface area contributed by atoms with Crippen LogP contribution < -0.4 is 5.73 Å². The van der Waals surface area contributed by atoms with E-state index in [1.54, 1.807) is 6.20 Å². The summed E-state index contributed by atoms with van der Waals surface area (Å²) in [6.07, 6.45) is 3.71. The summed E-state index contributed by atoms with van der Waals surface area (Å²) >= 11 is 3.43. The van der Waals surface area contributed by atoms with E-state index >= 15 is 0 Å². The predicted octanol–water partition coefficient (Wildman–Crippen LogP) is 2.82. The van der Waals surface area contributed by atoms with Gasteiger partial charge >= 0.3 is 7.12 Å². The molecule has 1 aromatic rings. The summed E-state index contributed by atoms with van der Waals surface area (Å²) in [5.74, 6) is 0. The molecule has 1 aliphatic heterocycles. The van der Waals surface area contributed by atoms with Gasteiger partial charge in [-0.15, -0.1) is 0 Å². The molecule has 0 atom stereocenters. The first kappa shape index (κ1) is 15.7. The Labute approximate surface area is 129 Å². The van der Waals surface area contributed by atoms with Crippen molar-refractivity contribution >= 4 is 29.1 Å². The molecule has 0 aliphatic carbocycles. The highest BCUT2D eigenvalue weighted by Crippen LogP contribution is 2.38. The van der Waals surface area contributed by atoms with Gasteiger partial charge in [-0.25, -0.2) is 4.98 Å². The summed E-state index contributed by atoms with van der Waals surface area (Å²) in [4.78, 5) is 4.20. The van der Waals surface area contributed by atoms with E-state index in [9.17, 15) is 0 Å². The van der Waals surface area contributed by atoms with Gasteiger partial charge in [-0.1, -0.05) is 12.1 Å². The highest BCUT2D eigenvalue weighted by Gasteiger charge is 2.52. The third kappa shape index (κ3) is 2.98. The first-order chi connectivity index (χ1) is 9.27. The van der Waals surface area contributed by atoms with Gasteiger partial charge in [0.2, 0.25) is 0 Å². The summed E-state index contributed by atoms with van der Waals surface area (Å²) in [5.41, 5.74) is 7.00. The number of rotatable bonds is 3. The SMILES string of the molecule is CC1(C)OB(C(=Cc2cccnc2Br)CN)OC1(C)C. The lowest BCUT2D eigenvalue weighted by Gasteiger charge is -2.32. The highest BCUT2D eigenvalue weighted by atomic mass is 79.9. The minimum absolute atomic E-state index is 0.363. The summed E-state index contributed by atoms with van der Waals surface area (Å²) in [6, 6.07) is 3.85. The molecule has 0 aromatic carbocycles. The molecule has 4 nitrogen and oxygen atoms in total. The van der Waals surface area contributed by atoms with Gasteiger partial charge in [-0.2, -0.15) is 0 Å². The molecule has 0 amide bonds. The third-order valence-electron chi connectivity index (χ3n) is 3.92. The molecule has 0 unspecified atom stereocenters. The van der Waals surface area contributed by atoms with Gasteiger partial charge in [0, 0.05) is 18.3 Å². The summed E-state index contributed by atoms with van der Waals surface area (Å²) in [6.45, 7) is 8.49. The lowest BCUT2D eigenvalue weighted by atomic mass is 9.77. The summed E-state index contributed by atoms with van der Waals surface area (Å²) in [5, 5.41) is 0. The lowest BCUT2D eigenvalue weighted by molar-refractivity contribution is 0.00578. The van der Waals surface area contributed by atoms with Crippen LogP contribution in [0.4, 0.5) is 0 Å². The molecule has 1 saturated heterocycles. The second-order valence-electron chi connectivity index (χ2n) is 5.90. The fraction of sp³-hybridized carbons (Fsp3) is 0.500. The number of nitrogens with two attached hydrogens (primary N) is 1. The molecule has 108 valence electrons. The van der Waals surface area contributed by atoms with Crippen LogP contribution in [0.1, 0.15) is 33.3 Å². The van der Waals surface area contributed by atoms with Crippen LogP contribution >= 0.6 is 15.9 Å². The van der Waals surface area contributed by atoms with Crippen LogP contribution in [-0.4, -0.2) is 29.8 Å². The van der Waals surface area contributed by atoms with Gasteiger partial charge in [0.15, 0.2) is 0 Å². The molecule has 2 N–H and O–H groups in total. The maximum Gasteiger partial charge on any atom is 0.491 e. The average molecular weight is 339 g/mol. The van der Waals surface area contributed by atoms with E-state index < -0.39 is 7.12 Å². The molecular weight excluding hydrogens is 319 g/mol. The summed E-state index contributed by atoms with van der Waals surface area (Å²) in [7, 11) is -0.419. The quantitative estimate of drug-likeness (QED) is 0.680. The largest absolute Gasteiger partial charge is 0.491 e. The topological polar surface area (TPSA) is 57.4 Å². The van der Waals surface area contributed by atoms with E-state index in [2.05, 4.69) is 20.9 Å². The lowest BCUT2D eigenvalue weighted by Crippen LogP contribution is -2.41. The smallest absolute Gasteiger partial charge is 0.400 e. The zero-order valence-electron chi connectivity index (χ0n) is 12.3. The van der Waals surface area contributed by atoms with Crippen LogP contribution in [-0.2, 0) is 9.31 Å². The number of pyridine rings is 1. The first-order valence-corrected chi connectivity index (χ1v) is 7.43. The van der Waals surface area contributed by atoms with E-state index in [0.29, 0.717) is 6.54 Å². The van der Waals surface area contributed by atoms with Crippen molar-refractivity contribution in [1.29, 1.82) is 0 Å². The fourth-order valence-corrected chi connectivity index (χ4v) is 2.29. The average Bonchev–Trinajstić information content (AvgIpc) is 2.57. The molecule has 2 heterocycles. The van der Waals surface area contributed by atoms with Crippen molar-refractivity contribution < 1.29 is 9.31 Å². The molecule has 0 saturated carbocycles. The van der Waals surface area contributed by atoms with Crippen molar-refractivity contribution in [3.63, 3.8) is 0 Å². The van der Waals surface area contributed by atoms with E-state index in [-0.39, 0.29) is 11.2 Å². The number of aromatic nitrogens is 1. The first-order valence-electron chi connectivity index (χ1n) is 6.63. The van der Waals surface area contributed by atoms with Crippen molar-refractivity contribution in [2.24, 2.45) is 5.73 Å². The number of hydrogen-bond donors (Lipinski definition) is 1. The Bertz CT molecular complexity index is 516. The van der Waals surface area contributed by atoms with Gasteiger partial charge in [-0.3, -0.25) is 0 Å². The monoisotopic (exact) mass is 338 g/mol. The normalized spacial score (nSPS) is 21.3. The van der Waals surface area contributed by atoms with Crippen LogP contribution in [0.15, 0.2) is 28.4 Å². The van der Waals surface area contributed by atoms with Crippen molar-refractivity contribution in [3.8, 4) is 0 Å². The van der Waals surface area contributed by atoms with Gasteiger partial charge in [-0.05, 0) is 55.2 Å². The van der Waals surface area contributed by atoms with Crippen molar-refractivity contribution in [3.05, 3.63) is 34.0 Å². The van der Waals surface area contributed by atoms with E-state index in [1.807, 2.05) is 45.9 Å². The maximum atomic E-state index is 6.02. The summed E-state index contributed by atoms with van der Waals surface area (Å²) < 4.78 is 12.8. The maximum absolute atomic E-state index is 6.02. The number of nitrogens with zero attached hydrogens (tertiary/aromatic N) is 1. The van der Waals surface area contributed by atoms with Crippen LogP contribution in [0.2, 0.25) is 0 Å². The third-order valence-corrected chi connectivity index (χ3v) is 4.58. The fourth-order valence-electron chi connectivity index (χ4n) is 1.92. The minimum atomic E-state index is -0.419. The standard InChI is InChI=1S/C14H20BBrN2O2/c1-13(2)14(3,4)20-15(19-13)11(9-17)8-10-6-5-7-18-12(10)16/h5-8H,9,17H2,1-4H3. The van der Waals surface area contributed by atoms with Crippen molar-refractivity contribution in [2.45, 2.75) is 38.9 Å². The van der Waals surface area contributed by atoms with Gasteiger partial charge < -0.3 is 15.0 Å². The van der Waals surface area contributed by atoms with Crippen LogP contribution in [0.5, 0.6) is 0 Å². The minimum Gasteiger partial charge on any atom is -0.400 e. The zero-order valence-corrected chi connectivity index (χ0v) is 13.9. The molecule has 20 heavy (non-hydrogen) atoms. The molecule has 0 radical (unpaired) electrons. The number of halogens is 1. The van der Waals surface area contributed by atoms with E-state index in [1.165, 1.54) is 0 Å². The molecule has 1 fully saturated rings. The zero-order chi connectivity index (χ0) is 15.0. The van der Waals surface area contributed by atoms with E-state index in [4.69, 9.17) is 15.0 Å². The predicted molar refractivity (Wildman–Crippen MR) is 85.1 cm³/mol. The Balaban J connectivity index is 2.29. The van der Waals surface area contributed by atoms with Crippen molar-refractivity contribution in [2.75, 3.05) is 6.54 Å². The number of hydrogen-bond acceptors (Lipinski definition) is 4. The van der Waals surface area contributed by atoms with Crippen LogP contribution in [0, 0.1) is 0 Å². The second-order valence-corrected chi connectivity index (χ2v) is 6.65. The second kappa shape index (κ2) is 5.60. The Morgan fingerprint density at radius 1 is 1.35 bits per heavy atom. The Morgan fingerprint density at radius 2 is 1.95 bits per heavy atom. The highest BCUT2D eigenvalue weighted by molar-refractivity contribution is 9.10. The Hall–Kier alpha value is -0.685. The van der Waals surface area contributed by atoms with Gasteiger partial charge in [0.05, 0.1) is 11.2 Å². The van der Waals surface area contributed by atoms with Crippen LogP contribution in [0.3, 0.4) is 0 Å². The van der Waals surface area contributed by atoms with Crippen molar-refractivity contribution in [1.82, 2.24) is 4.98 Å². The molecule has 1 aromatic heterocycles. The van der Waals surface area contributed by atoms with Gasteiger partial charge in [0.1, 0.15) is 4.60 Å². The Kier molecular flexibility index (Phi) is 4.40. The molecule has 0 bridgehead atoms. The molecule has 2 rings (SSSR count).